The summed E-state index contributed by atoms with van der Waals surface area (Å²) in [5, 5.41) is 3.18. The van der Waals surface area contributed by atoms with Gasteiger partial charge in [-0.1, -0.05) is 29.8 Å². The van der Waals surface area contributed by atoms with Gasteiger partial charge in [0.25, 0.3) is 5.91 Å². The molecule has 0 bridgehead atoms. The number of aryl methyl sites for hydroxylation is 1. The second kappa shape index (κ2) is 6.76. The molecule has 3 amide bonds. The number of rotatable bonds is 4. The van der Waals surface area contributed by atoms with E-state index >= 15 is 0 Å². The van der Waals surface area contributed by atoms with Crippen molar-refractivity contribution in [3.05, 3.63) is 64.1 Å². The van der Waals surface area contributed by atoms with Crippen LogP contribution in [0.3, 0.4) is 0 Å². The molecule has 1 fully saturated rings. The van der Waals surface area contributed by atoms with Crippen molar-refractivity contribution in [3.63, 3.8) is 0 Å². The van der Waals surface area contributed by atoms with Gasteiger partial charge in [0.1, 0.15) is 5.70 Å². The van der Waals surface area contributed by atoms with Gasteiger partial charge in [0.15, 0.2) is 0 Å². The summed E-state index contributed by atoms with van der Waals surface area (Å²) in [4.78, 5) is 25.9. The number of nitrogens with one attached hydrogen (secondary N) is 1. The molecule has 0 saturated carbocycles. The molecular weight excluding hydrogens is 338 g/mol. The Bertz CT molecular complexity index is 867. The van der Waals surface area contributed by atoms with E-state index in [9.17, 15) is 9.59 Å². The summed E-state index contributed by atoms with van der Waals surface area (Å²) in [6.07, 6.45) is 3.68. The zero-order chi connectivity index (χ0) is 18.1. The minimum Gasteiger partial charge on any atom is -0.349 e. The highest BCUT2D eigenvalue weighted by atomic mass is 35.5. The van der Waals surface area contributed by atoms with Gasteiger partial charge in [-0.25, -0.2) is 4.79 Å². The summed E-state index contributed by atoms with van der Waals surface area (Å²) in [5.74, 6) is -0.347. The molecule has 1 aromatic heterocycles. The van der Waals surface area contributed by atoms with Crippen LogP contribution >= 0.6 is 11.6 Å². The molecule has 1 aliphatic rings. The zero-order valence-corrected chi connectivity index (χ0v) is 15.2. The van der Waals surface area contributed by atoms with Crippen LogP contribution in [-0.4, -0.2) is 21.4 Å². The first-order chi connectivity index (χ1) is 11.9. The molecule has 0 spiro atoms. The Hall–Kier alpha value is -2.53. The minimum absolute atomic E-state index is 0.147. The lowest BCUT2D eigenvalue weighted by molar-refractivity contribution is -0.123. The number of imide groups is 1. The highest BCUT2D eigenvalue weighted by Crippen LogP contribution is 2.22. The van der Waals surface area contributed by atoms with Crippen molar-refractivity contribution in [2.45, 2.75) is 33.4 Å². The number of benzene rings is 1. The number of hydrogen-bond acceptors (Lipinski definition) is 2. The second-order valence-electron chi connectivity index (χ2n) is 6.39. The van der Waals surface area contributed by atoms with Crippen molar-refractivity contribution in [1.29, 1.82) is 0 Å². The molecule has 2 aromatic rings. The van der Waals surface area contributed by atoms with E-state index in [1.807, 2.05) is 31.3 Å². The van der Waals surface area contributed by atoms with Crippen LogP contribution in [0.25, 0.3) is 6.08 Å². The average Bonchev–Trinajstić information content (AvgIpc) is 3.04. The number of carbonyl (C=O) groups excluding carboxylic acids is 2. The van der Waals surface area contributed by atoms with E-state index in [4.69, 9.17) is 11.6 Å². The summed E-state index contributed by atoms with van der Waals surface area (Å²) >= 11 is 6.13. The molecule has 0 atom stereocenters. The van der Waals surface area contributed by atoms with Gasteiger partial charge in [0, 0.05) is 23.0 Å². The van der Waals surface area contributed by atoms with Gasteiger partial charge in [-0.05, 0) is 50.1 Å². The maximum atomic E-state index is 12.6. The van der Waals surface area contributed by atoms with Crippen LogP contribution in [0.2, 0.25) is 5.02 Å². The Morgan fingerprint density at radius 2 is 1.96 bits per heavy atom. The lowest BCUT2D eigenvalue weighted by Gasteiger charge is -2.12. The number of urea groups is 1. The first-order valence-corrected chi connectivity index (χ1v) is 8.51. The van der Waals surface area contributed by atoms with Crippen molar-refractivity contribution in [2.75, 3.05) is 0 Å². The average molecular weight is 358 g/mol. The van der Waals surface area contributed by atoms with Gasteiger partial charge in [-0.2, -0.15) is 0 Å². The number of aromatic nitrogens is 1. The molecular formula is C19H20ClN3O2. The van der Waals surface area contributed by atoms with Crippen molar-refractivity contribution in [3.8, 4) is 0 Å². The van der Waals surface area contributed by atoms with E-state index < -0.39 is 6.03 Å². The predicted molar refractivity (Wildman–Crippen MR) is 98.1 cm³/mol. The maximum absolute atomic E-state index is 12.6. The topological polar surface area (TPSA) is 54.3 Å². The van der Waals surface area contributed by atoms with Crippen LogP contribution in [0.4, 0.5) is 4.79 Å². The zero-order valence-electron chi connectivity index (χ0n) is 14.4. The molecule has 1 aromatic carbocycles. The standard InChI is InChI=1S/C19H20ClN3O2/c1-12(2)22-10-14(8-13(22)3)9-17-18(24)23(19(25)21-17)11-15-6-4-5-7-16(15)20/h4-10,12H,11H2,1-3H3,(H,21,25)/b17-9+. The maximum Gasteiger partial charge on any atom is 0.329 e. The van der Waals surface area contributed by atoms with Gasteiger partial charge in [-0.3, -0.25) is 9.69 Å². The number of amides is 3. The third kappa shape index (κ3) is 3.46. The lowest BCUT2D eigenvalue weighted by atomic mass is 10.2. The SMILES string of the molecule is Cc1cc(/C=C2/NC(=O)N(Cc3ccccc3Cl)C2=O)cn1C(C)C. The molecule has 5 nitrogen and oxygen atoms in total. The minimum atomic E-state index is -0.434. The summed E-state index contributed by atoms with van der Waals surface area (Å²) in [7, 11) is 0. The van der Waals surface area contributed by atoms with Crippen molar-refractivity contribution in [1.82, 2.24) is 14.8 Å². The highest BCUT2D eigenvalue weighted by molar-refractivity contribution is 6.31. The van der Waals surface area contributed by atoms with Crippen LogP contribution in [0, 0.1) is 6.92 Å². The molecule has 2 heterocycles. The Morgan fingerprint density at radius 1 is 1.24 bits per heavy atom. The molecule has 1 aliphatic heterocycles. The van der Waals surface area contributed by atoms with Crippen molar-refractivity contribution < 1.29 is 9.59 Å². The molecule has 130 valence electrons. The normalized spacial score (nSPS) is 16.2. The Kier molecular flexibility index (Phi) is 4.68. The van der Waals surface area contributed by atoms with Gasteiger partial charge in [-0.15, -0.1) is 0 Å². The van der Waals surface area contributed by atoms with Crippen LogP contribution in [-0.2, 0) is 11.3 Å². The molecule has 1 N–H and O–H groups in total. The number of halogens is 1. The fraction of sp³-hybridized carbons (Fsp3) is 0.263. The monoisotopic (exact) mass is 357 g/mol. The van der Waals surface area contributed by atoms with Crippen molar-refractivity contribution >= 4 is 29.6 Å². The predicted octanol–water partition coefficient (Wildman–Crippen LogP) is 4.12. The molecule has 6 heteroatoms. The van der Waals surface area contributed by atoms with E-state index in [1.165, 1.54) is 4.90 Å². The van der Waals surface area contributed by atoms with Crippen LogP contribution in [0.1, 0.15) is 36.7 Å². The Balaban J connectivity index is 1.83. The summed E-state index contributed by atoms with van der Waals surface area (Å²) in [6.45, 7) is 6.35. The number of carbonyl (C=O) groups is 2. The molecule has 25 heavy (non-hydrogen) atoms. The van der Waals surface area contributed by atoms with Crippen LogP contribution in [0.15, 0.2) is 42.2 Å². The summed E-state index contributed by atoms with van der Waals surface area (Å²) < 4.78 is 2.12. The smallest absolute Gasteiger partial charge is 0.329 e. The third-order valence-corrected chi connectivity index (χ3v) is 4.56. The second-order valence-corrected chi connectivity index (χ2v) is 6.79. The highest BCUT2D eigenvalue weighted by Gasteiger charge is 2.33. The summed E-state index contributed by atoms with van der Waals surface area (Å²) in [6, 6.07) is 9.07. The number of hydrogen-bond donors (Lipinski definition) is 1. The summed E-state index contributed by atoms with van der Waals surface area (Å²) in [5.41, 5.74) is 3.00. The van der Waals surface area contributed by atoms with Crippen LogP contribution < -0.4 is 5.32 Å². The van der Waals surface area contributed by atoms with Gasteiger partial charge in [0.2, 0.25) is 0 Å². The van der Waals surface area contributed by atoms with E-state index in [2.05, 4.69) is 23.7 Å². The van der Waals surface area contributed by atoms with E-state index in [-0.39, 0.29) is 18.1 Å². The first-order valence-electron chi connectivity index (χ1n) is 8.13. The molecule has 0 unspecified atom stereocenters. The Morgan fingerprint density at radius 3 is 2.60 bits per heavy atom. The largest absolute Gasteiger partial charge is 0.349 e. The Labute approximate surface area is 151 Å². The van der Waals surface area contributed by atoms with E-state index in [0.717, 1.165) is 16.8 Å². The van der Waals surface area contributed by atoms with Crippen molar-refractivity contribution in [2.24, 2.45) is 0 Å². The molecule has 0 radical (unpaired) electrons. The lowest BCUT2D eigenvalue weighted by Crippen LogP contribution is -2.30. The third-order valence-electron chi connectivity index (χ3n) is 4.19. The number of nitrogens with zero attached hydrogens (tertiary/aromatic N) is 2. The molecule has 0 aliphatic carbocycles. The molecule has 3 rings (SSSR count). The first kappa shape index (κ1) is 17.3. The quantitative estimate of drug-likeness (QED) is 0.661. The fourth-order valence-corrected chi connectivity index (χ4v) is 3.13. The van der Waals surface area contributed by atoms with Gasteiger partial charge >= 0.3 is 6.03 Å². The molecule has 1 saturated heterocycles. The van der Waals surface area contributed by atoms with Crippen LogP contribution in [0.5, 0.6) is 0 Å². The van der Waals surface area contributed by atoms with E-state index in [1.54, 1.807) is 18.2 Å². The van der Waals surface area contributed by atoms with Gasteiger partial charge in [0.05, 0.1) is 6.54 Å². The fourth-order valence-electron chi connectivity index (χ4n) is 2.93. The van der Waals surface area contributed by atoms with E-state index in [0.29, 0.717) is 11.1 Å². The van der Waals surface area contributed by atoms with Gasteiger partial charge < -0.3 is 9.88 Å².